The third-order valence-corrected chi connectivity index (χ3v) is 2.34. The Balaban J connectivity index is 0. The molecule has 1 saturated carbocycles. The third-order valence-electron chi connectivity index (χ3n) is 2.34. The van der Waals surface area contributed by atoms with Crippen LogP contribution in [-0.2, 0) is 0 Å². The maximum absolute atomic E-state index is 2.31. The van der Waals surface area contributed by atoms with Crippen LogP contribution in [-0.4, -0.2) is 0 Å². The van der Waals surface area contributed by atoms with Gasteiger partial charge < -0.3 is 0 Å². The van der Waals surface area contributed by atoms with Crippen molar-refractivity contribution in [3.63, 3.8) is 0 Å². The van der Waals surface area contributed by atoms with Crippen LogP contribution in [0.4, 0.5) is 0 Å². The van der Waals surface area contributed by atoms with Crippen LogP contribution in [0.25, 0.3) is 0 Å². The SMILES string of the molecule is CC.CC1CC1.CCCC(C)CC. The van der Waals surface area contributed by atoms with Crippen LogP contribution in [0.3, 0.4) is 0 Å². The van der Waals surface area contributed by atoms with Crippen molar-refractivity contribution in [2.45, 2.75) is 73.6 Å². The van der Waals surface area contributed by atoms with Crippen LogP contribution in [0.5, 0.6) is 0 Å². The molecule has 1 atom stereocenters. The van der Waals surface area contributed by atoms with Crippen molar-refractivity contribution < 1.29 is 0 Å². The Bertz CT molecular complexity index is 72.1. The molecule has 0 saturated heterocycles. The van der Waals surface area contributed by atoms with Gasteiger partial charge in [0.1, 0.15) is 0 Å². The van der Waals surface area contributed by atoms with Crippen molar-refractivity contribution >= 4 is 0 Å². The van der Waals surface area contributed by atoms with Gasteiger partial charge in [-0.05, 0) is 11.8 Å². The summed E-state index contributed by atoms with van der Waals surface area (Å²) < 4.78 is 0. The molecule has 0 aromatic carbocycles. The molecule has 0 aromatic heterocycles. The topological polar surface area (TPSA) is 0 Å². The molecule has 0 spiro atoms. The van der Waals surface area contributed by atoms with Crippen LogP contribution in [0, 0.1) is 11.8 Å². The largest absolute Gasteiger partial charge is 0.0683 e. The minimum atomic E-state index is 0.949. The predicted octanol–water partition coefficient (Wildman–Crippen LogP) is 5.28. The van der Waals surface area contributed by atoms with Gasteiger partial charge in [0.25, 0.3) is 0 Å². The van der Waals surface area contributed by atoms with E-state index in [1.165, 1.54) is 32.1 Å². The molecule has 82 valence electrons. The summed E-state index contributed by atoms with van der Waals surface area (Å²) in [5, 5.41) is 0. The van der Waals surface area contributed by atoms with E-state index in [0.29, 0.717) is 0 Å². The fraction of sp³-hybridized carbons (Fsp3) is 1.00. The first kappa shape index (κ1) is 15.5. The zero-order valence-electron chi connectivity index (χ0n) is 10.7. The second kappa shape index (κ2) is 12.0. The average Bonchev–Trinajstić information content (AvgIpc) is 2.93. The fourth-order valence-corrected chi connectivity index (χ4v) is 0.864. The summed E-state index contributed by atoms with van der Waals surface area (Å²) in [6, 6.07) is 0. The maximum atomic E-state index is 2.31. The molecule has 1 fully saturated rings. The van der Waals surface area contributed by atoms with Gasteiger partial charge in [-0.15, -0.1) is 0 Å². The molecule has 0 amide bonds. The highest BCUT2D eigenvalue weighted by Gasteiger charge is 2.12. The minimum Gasteiger partial charge on any atom is -0.0683 e. The van der Waals surface area contributed by atoms with Gasteiger partial charge >= 0.3 is 0 Å². The molecule has 1 aliphatic carbocycles. The van der Waals surface area contributed by atoms with E-state index in [0.717, 1.165) is 11.8 Å². The zero-order chi connectivity index (χ0) is 10.7. The molecule has 13 heavy (non-hydrogen) atoms. The highest BCUT2D eigenvalue weighted by Crippen LogP contribution is 2.26. The van der Waals surface area contributed by atoms with E-state index < -0.39 is 0 Å². The van der Waals surface area contributed by atoms with Gasteiger partial charge in [-0.25, -0.2) is 0 Å². The van der Waals surface area contributed by atoms with Crippen molar-refractivity contribution in [1.29, 1.82) is 0 Å². The van der Waals surface area contributed by atoms with Crippen LogP contribution >= 0.6 is 0 Å². The van der Waals surface area contributed by atoms with Crippen LogP contribution in [0.2, 0.25) is 0 Å². The van der Waals surface area contributed by atoms with Gasteiger partial charge in [-0.3, -0.25) is 0 Å². The normalized spacial score (nSPS) is 16.2. The lowest BCUT2D eigenvalue weighted by molar-refractivity contribution is 0.509. The first-order valence-corrected chi connectivity index (χ1v) is 6.20. The molecule has 0 nitrogen and oxygen atoms in total. The van der Waals surface area contributed by atoms with Gasteiger partial charge in [0.2, 0.25) is 0 Å². The van der Waals surface area contributed by atoms with Gasteiger partial charge in [-0.2, -0.15) is 0 Å². The van der Waals surface area contributed by atoms with Crippen molar-refractivity contribution in [2.75, 3.05) is 0 Å². The van der Waals surface area contributed by atoms with Crippen molar-refractivity contribution in [2.24, 2.45) is 11.8 Å². The second-order valence-electron chi connectivity index (χ2n) is 3.98. The molecular weight excluding hydrogens is 156 g/mol. The molecular formula is C13H30. The van der Waals surface area contributed by atoms with Gasteiger partial charge in [0.15, 0.2) is 0 Å². The summed E-state index contributed by atoms with van der Waals surface area (Å²) in [4.78, 5) is 0. The Kier molecular flexibility index (Phi) is 14.3. The van der Waals surface area contributed by atoms with Gasteiger partial charge in [0, 0.05) is 0 Å². The van der Waals surface area contributed by atoms with E-state index in [-0.39, 0.29) is 0 Å². The summed E-state index contributed by atoms with van der Waals surface area (Å²) in [7, 11) is 0. The molecule has 0 heteroatoms. The Morgan fingerprint density at radius 3 is 1.62 bits per heavy atom. The molecule has 0 N–H and O–H groups in total. The quantitative estimate of drug-likeness (QED) is 0.563. The highest BCUT2D eigenvalue weighted by molar-refractivity contribution is 4.65. The summed E-state index contributed by atoms with van der Waals surface area (Å²) in [5.41, 5.74) is 0. The average molecular weight is 186 g/mol. The Morgan fingerprint density at radius 1 is 1.15 bits per heavy atom. The number of rotatable bonds is 3. The monoisotopic (exact) mass is 186 g/mol. The molecule has 0 radical (unpaired) electrons. The predicted molar refractivity (Wildman–Crippen MR) is 64.1 cm³/mol. The van der Waals surface area contributed by atoms with Crippen LogP contribution < -0.4 is 0 Å². The minimum absolute atomic E-state index is 0.949. The molecule has 1 aliphatic rings. The van der Waals surface area contributed by atoms with E-state index in [1.54, 1.807) is 0 Å². The molecule has 0 bridgehead atoms. The van der Waals surface area contributed by atoms with E-state index in [9.17, 15) is 0 Å². The molecule has 0 aliphatic heterocycles. The summed E-state index contributed by atoms with van der Waals surface area (Å²) >= 11 is 0. The molecule has 0 aromatic rings. The lowest BCUT2D eigenvalue weighted by Crippen LogP contribution is -1.88. The smallest absolute Gasteiger partial charge is 0.0443 e. The standard InChI is InChI=1S/C7H16.C4H8.C2H6/c1-4-6-7(3)5-2;1-4-2-3-4;1-2/h7H,4-6H2,1-3H3;4H,2-3H2,1H3;1-2H3. The maximum Gasteiger partial charge on any atom is -0.0443 e. The van der Waals surface area contributed by atoms with E-state index in [4.69, 9.17) is 0 Å². The van der Waals surface area contributed by atoms with E-state index in [1.807, 2.05) is 13.8 Å². The second-order valence-corrected chi connectivity index (χ2v) is 3.98. The number of hydrogen-bond donors (Lipinski definition) is 0. The summed E-state index contributed by atoms with van der Waals surface area (Å²) in [6.45, 7) is 13.1. The summed E-state index contributed by atoms with van der Waals surface area (Å²) in [6.07, 6.45) is 7.05. The van der Waals surface area contributed by atoms with Crippen LogP contribution in [0.15, 0.2) is 0 Å². The lowest BCUT2D eigenvalue weighted by Gasteiger charge is -2.02. The highest BCUT2D eigenvalue weighted by atomic mass is 14.2. The zero-order valence-corrected chi connectivity index (χ0v) is 10.7. The first-order chi connectivity index (χ1) is 6.20. The Labute approximate surface area is 86.1 Å². The van der Waals surface area contributed by atoms with Gasteiger partial charge in [0.05, 0.1) is 0 Å². The Morgan fingerprint density at radius 2 is 1.54 bits per heavy atom. The number of hydrogen-bond acceptors (Lipinski definition) is 0. The fourth-order valence-electron chi connectivity index (χ4n) is 0.864. The van der Waals surface area contributed by atoms with E-state index >= 15 is 0 Å². The molecule has 0 heterocycles. The molecule has 1 unspecified atom stereocenters. The third kappa shape index (κ3) is 18.8. The Hall–Kier alpha value is 0. The van der Waals surface area contributed by atoms with Crippen molar-refractivity contribution in [1.82, 2.24) is 0 Å². The van der Waals surface area contributed by atoms with Crippen LogP contribution in [0.1, 0.15) is 73.6 Å². The van der Waals surface area contributed by atoms with Crippen molar-refractivity contribution in [3.8, 4) is 0 Å². The molecule has 1 rings (SSSR count). The van der Waals surface area contributed by atoms with Gasteiger partial charge in [-0.1, -0.05) is 73.6 Å². The van der Waals surface area contributed by atoms with Crippen molar-refractivity contribution in [3.05, 3.63) is 0 Å². The summed E-state index contributed by atoms with van der Waals surface area (Å²) in [5.74, 6) is 2.03. The van der Waals surface area contributed by atoms with E-state index in [2.05, 4.69) is 27.7 Å². The first-order valence-electron chi connectivity index (χ1n) is 6.20. The lowest BCUT2D eigenvalue weighted by atomic mass is 10.0.